The van der Waals surface area contributed by atoms with Crippen LogP contribution in [-0.2, 0) is 19.4 Å². The maximum absolute atomic E-state index is 13.1. The molecule has 3 heterocycles. The molecule has 0 aromatic carbocycles. The molecule has 0 N–H and O–H groups in total. The highest BCUT2D eigenvalue weighted by atomic mass is 16.2. The van der Waals surface area contributed by atoms with Crippen molar-refractivity contribution >= 4 is 5.91 Å². The van der Waals surface area contributed by atoms with E-state index in [1.165, 1.54) is 50.0 Å². The van der Waals surface area contributed by atoms with Crippen LogP contribution in [0, 0.1) is 5.92 Å². The summed E-state index contributed by atoms with van der Waals surface area (Å²) in [4.78, 5) is 17.8. The van der Waals surface area contributed by atoms with Crippen LogP contribution in [0.2, 0.25) is 0 Å². The molecule has 1 unspecified atom stereocenters. The lowest BCUT2D eigenvalue weighted by molar-refractivity contribution is 0.0783. The number of piperidine rings is 1. The number of carbonyl (C=O) groups excluding carboxylic acids is 1. The summed E-state index contributed by atoms with van der Waals surface area (Å²) in [6.45, 7) is 9.65. The first-order valence-electron chi connectivity index (χ1n) is 10.8. The zero-order valence-corrected chi connectivity index (χ0v) is 16.5. The molecule has 1 amide bonds. The fourth-order valence-corrected chi connectivity index (χ4v) is 5.00. The van der Waals surface area contributed by atoms with E-state index in [1.807, 2.05) is 4.90 Å². The summed E-state index contributed by atoms with van der Waals surface area (Å²) in [6.07, 6.45) is 9.61. The van der Waals surface area contributed by atoms with Crippen LogP contribution in [0.5, 0.6) is 0 Å². The fraction of sp³-hybridized carbons (Fsp3) is 0.810. The van der Waals surface area contributed by atoms with Gasteiger partial charge in [-0.15, -0.1) is 0 Å². The molecule has 5 heteroatoms. The van der Waals surface area contributed by atoms with E-state index in [-0.39, 0.29) is 5.91 Å². The van der Waals surface area contributed by atoms with Gasteiger partial charge in [0.05, 0.1) is 0 Å². The fourth-order valence-electron chi connectivity index (χ4n) is 5.00. The Labute approximate surface area is 157 Å². The molecule has 0 bridgehead atoms. The number of hydrogen-bond acceptors (Lipinski definition) is 3. The molecule has 2 fully saturated rings. The Morgan fingerprint density at radius 2 is 1.77 bits per heavy atom. The van der Waals surface area contributed by atoms with Gasteiger partial charge in [0, 0.05) is 36.9 Å². The summed E-state index contributed by atoms with van der Waals surface area (Å²) in [5.41, 5.74) is 3.38. The van der Waals surface area contributed by atoms with Crippen LogP contribution >= 0.6 is 0 Å². The summed E-state index contributed by atoms with van der Waals surface area (Å²) in [6, 6.07) is 0.602. The van der Waals surface area contributed by atoms with E-state index in [0.717, 1.165) is 51.0 Å². The van der Waals surface area contributed by atoms with Gasteiger partial charge in [-0.25, -0.2) is 0 Å². The Morgan fingerprint density at radius 1 is 1.08 bits per heavy atom. The third kappa shape index (κ3) is 3.55. The average molecular weight is 359 g/mol. The van der Waals surface area contributed by atoms with Crippen LogP contribution in [-0.4, -0.2) is 57.7 Å². The summed E-state index contributed by atoms with van der Waals surface area (Å²) < 4.78 is 2.16. The van der Waals surface area contributed by atoms with Gasteiger partial charge in [0.2, 0.25) is 0 Å². The van der Waals surface area contributed by atoms with E-state index in [0.29, 0.717) is 12.0 Å². The third-order valence-corrected chi connectivity index (χ3v) is 6.36. The standard InChI is InChI=1S/C21H34N4O/c1-16(2)15-25-19-9-8-17(23-10-4-3-5-11-23)14-18(19)20(22-25)21(26)24-12-6-7-13-24/h16-17H,3-15H2,1-2H3. The summed E-state index contributed by atoms with van der Waals surface area (Å²) >= 11 is 0. The quantitative estimate of drug-likeness (QED) is 0.830. The first-order chi connectivity index (χ1) is 12.6. The molecule has 1 aromatic heterocycles. The van der Waals surface area contributed by atoms with Crippen molar-refractivity contribution in [3.8, 4) is 0 Å². The molecule has 3 aliphatic rings. The second-order valence-electron chi connectivity index (χ2n) is 8.84. The van der Waals surface area contributed by atoms with Crippen LogP contribution < -0.4 is 0 Å². The van der Waals surface area contributed by atoms with Gasteiger partial charge in [0.15, 0.2) is 5.69 Å². The first-order valence-corrected chi connectivity index (χ1v) is 10.8. The number of nitrogens with zero attached hydrogens (tertiary/aromatic N) is 4. The van der Waals surface area contributed by atoms with Gasteiger partial charge < -0.3 is 9.80 Å². The maximum Gasteiger partial charge on any atom is 0.274 e. The Morgan fingerprint density at radius 3 is 2.46 bits per heavy atom. The van der Waals surface area contributed by atoms with E-state index in [9.17, 15) is 4.79 Å². The minimum Gasteiger partial charge on any atom is -0.337 e. The Balaban J connectivity index is 1.61. The average Bonchev–Trinajstić information content (AvgIpc) is 3.30. The van der Waals surface area contributed by atoms with Crippen molar-refractivity contribution in [1.82, 2.24) is 19.6 Å². The lowest BCUT2D eigenvalue weighted by Crippen LogP contribution is -2.42. The lowest BCUT2D eigenvalue weighted by atomic mass is 9.89. The SMILES string of the molecule is CC(C)Cn1nc(C(=O)N2CCCC2)c2c1CCC(N1CCCCC1)C2. The van der Waals surface area contributed by atoms with Gasteiger partial charge in [0.1, 0.15) is 0 Å². The molecule has 0 saturated carbocycles. The highest BCUT2D eigenvalue weighted by Crippen LogP contribution is 2.30. The number of rotatable bonds is 4. The number of hydrogen-bond donors (Lipinski definition) is 0. The molecule has 1 aliphatic carbocycles. The summed E-state index contributed by atoms with van der Waals surface area (Å²) in [5.74, 6) is 0.731. The van der Waals surface area contributed by atoms with Gasteiger partial charge in [-0.2, -0.15) is 5.10 Å². The van der Waals surface area contributed by atoms with E-state index in [4.69, 9.17) is 5.10 Å². The first kappa shape index (κ1) is 18.0. The number of carbonyl (C=O) groups is 1. The van der Waals surface area contributed by atoms with Gasteiger partial charge in [-0.05, 0) is 64.0 Å². The van der Waals surface area contributed by atoms with Crippen molar-refractivity contribution in [2.45, 2.75) is 77.8 Å². The van der Waals surface area contributed by atoms with E-state index in [2.05, 4.69) is 23.4 Å². The van der Waals surface area contributed by atoms with E-state index < -0.39 is 0 Å². The van der Waals surface area contributed by atoms with Crippen molar-refractivity contribution in [2.75, 3.05) is 26.2 Å². The number of aromatic nitrogens is 2. The maximum atomic E-state index is 13.1. The van der Waals surface area contributed by atoms with E-state index in [1.54, 1.807) is 0 Å². The van der Waals surface area contributed by atoms with Gasteiger partial charge in [-0.1, -0.05) is 20.3 Å². The van der Waals surface area contributed by atoms with Gasteiger partial charge >= 0.3 is 0 Å². The minimum atomic E-state index is 0.181. The van der Waals surface area contributed by atoms with Gasteiger partial charge in [0.25, 0.3) is 5.91 Å². The van der Waals surface area contributed by atoms with Crippen molar-refractivity contribution in [1.29, 1.82) is 0 Å². The van der Waals surface area contributed by atoms with E-state index >= 15 is 0 Å². The highest BCUT2D eigenvalue weighted by Gasteiger charge is 2.34. The van der Waals surface area contributed by atoms with Crippen LogP contribution in [0.25, 0.3) is 0 Å². The van der Waals surface area contributed by atoms with Crippen molar-refractivity contribution in [2.24, 2.45) is 5.92 Å². The zero-order chi connectivity index (χ0) is 18.1. The second-order valence-corrected chi connectivity index (χ2v) is 8.84. The predicted octanol–water partition coefficient (Wildman–Crippen LogP) is 3.12. The molecular formula is C21H34N4O. The zero-order valence-electron chi connectivity index (χ0n) is 16.5. The molecule has 2 saturated heterocycles. The molecule has 26 heavy (non-hydrogen) atoms. The molecule has 0 spiro atoms. The number of likely N-dealkylation sites (tertiary alicyclic amines) is 2. The molecule has 1 atom stereocenters. The largest absolute Gasteiger partial charge is 0.337 e. The normalized spacial score (nSPS) is 24.3. The molecule has 1 aromatic rings. The molecule has 0 radical (unpaired) electrons. The van der Waals surface area contributed by atoms with Crippen molar-refractivity contribution < 1.29 is 4.79 Å². The highest BCUT2D eigenvalue weighted by molar-refractivity contribution is 5.94. The predicted molar refractivity (Wildman–Crippen MR) is 103 cm³/mol. The van der Waals surface area contributed by atoms with Gasteiger partial charge in [-0.3, -0.25) is 9.48 Å². The Kier molecular flexibility index (Phi) is 5.35. The molecular weight excluding hydrogens is 324 g/mol. The monoisotopic (exact) mass is 358 g/mol. The number of fused-ring (bicyclic) bond motifs is 1. The molecule has 4 rings (SSSR count). The topological polar surface area (TPSA) is 41.4 Å². The number of amides is 1. The van der Waals surface area contributed by atoms with Crippen molar-refractivity contribution in [3.05, 3.63) is 17.0 Å². The van der Waals surface area contributed by atoms with Crippen molar-refractivity contribution in [3.63, 3.8) is 0 Å². The molecule has 5 nitrogen and oxygen atoms in total. The minimum absolute atomic E-state index is 0.181. The summed E-state index contributed by atoms with van der Waals surface area (Å²) in [7, 11) is 0. The van der Waals surface area contributed by atoms with Crippen LogP contribution in [0.1, 0.15) is 74.1 Å². The Bertz CT molecular complexity index is 639. The van der Waals surface area contributed by atoms with Crippen LogP contribution in [0.15, 0.2) is 0 Å². The Hall–Kier alpha value is -1.36. The smallest absolute Gasteiger partial charge is 0.274 e. The lowest BCUT2D eigenvalue weighted by Gasteiger charge is -2.37. The third-order valence-electron chi connectivity index (χ3n) is 6.36. The molecule has 144 valence electrons. The molecule has 2 aliphatic heterocycles. The van der Waals surface area contributed by atoms with Crippen LogP contribution in [0.4, 0.5) is 0 Å². The van der Waals surface area contributed by atoms with Crippen LogP contribution in [0.3, 0.4) is 0 Å². The second kappa shape index (κ2) is 7.71. The summed E-state index contributed by atoms with van der Waals surface area (Å²) in [5, 5.41) is 4.86.